The maximum absolute atomic E-state index is 11.4. The first kappa shape index (κ1) is 14.7. The average molecular weight is 271 g/mol. The van der Waals surface area contributed by atoms with Crippen molar-refractivity contribution in [1.82, 2.24) is 5.32 Å². The molecule has 18 heavy (non-hydrogen) atoms. The third kappa shape index (κ3) is 5.79. The zero-order valence-corrected chi connectivity index (χ0v) is 11.0. The van der Waals surface area contributed by atoms with E-state index in [-0.39, 0.29) is 19.0 Å². The van der Waals surface area contributed by atoms with Gasteiger partial charge >= 0.3 is 6.09 Å². The van der Waals surface area contributed by atoms with Gasteiger partial charge in [0.05, 0.1) is 12.6 Å². The van der Waals surface area contributed by atoms with Gasteiger partial charge in [-0.3, -0.25) is 4.21 Å². The predicted octanol–water partition coefficient (Wildman–Crippen LogP) is 0.652. The monoisotopic (exact) mass is 271 g/mol. The zero-order chi connectivity index (χ0) is 13.4. The van der Waals surface area contributed by atoms with Gasteiger partial charge < -0.3 is 15.2 Å². The summed E-state index contributed by atoms with van der Waals surface area (Å²) in [5.41, 5.74) is 0.882. The van der Waals surface area contributed by atoms with E-state index in [9.17, 15) is 9.00 Å². The Morgan fingerprint density at radius 2 is 2.11 bits per heavy atom. The van der Waals surface area contributed by atoms with Crippen molar-refractivity contribution in [2.45, 2.75) is 12.6 Å². The van der Waals surface area contributed by atoms with Gasteiger partial charge in [0.25, 0.3) is 0 Å². The van der Waals surface area contributed by atoms with Gasteiger partial charge in [-0.1, -0.05) is 30.3 Å². The number of nitrogens with one attached hydrogen (secondary N) is 1. The number of amides is 1. The van der Waals surface area contributed by atoms with Crippen LogP contribution in [0.4, 0.5) is 4.79 Å². The van der Waals surface area contributed by atoms with E-state index in [1.807, 2.05) is 30.3 Å². The summed E-state index contributed by atoms with van der Waals surface area (Å²) in [6.07, 6.45) is 0.892. The highest BCUT2D eigenvalue weighted by Gasteiger charge is 2.13. The van der Waals surface area contributed by atoms with Gasteiger partial charge in [-0.15, -0.1) is 0 Å². The van der Waals surface area contributed by atoms with Gasteiger partial charge in [-0.2, -0.15) is 0 Å². The van der Waals surface area contributed by atoms with Crippen molar-refractivity contribution in [3.63, 3.8) is 0 Å². The first-order valence-electron chi connectivity index (χ1n) is 5.50. The van der Waals surface area contributed by atoms with E-state index in [0.717, 1.165) is 5.56 Å². The Morgan fingerprint density at radius 1 is 1.44 bits per heavy atom. The third-order valence-corrected chi connectivity index (χ3v) is 3.06. The van der Waals surface area contributed by atoms with Crippen LogP contribution in [0.25, 0.3) is 0 Å². The van der Waals surface area contributed by atoms with Crippen molar-refractivity contribution in [2.24, 2.45) is 0 Å². The van der Waals surface area contributed by atoms with E-state index in [1.165, 1.54) is 6.26 Å². The molecular formula is C12H17NO4S. The Labute approximate surface area is 109 Å². The quantitative estimate of drug-likeness (QED) is 0.796. The fraction of sp³-hybridized carbons (Fsp3) is 0.417. The van der Waals surface area contributed by atoms with Crippen molar-refractivity contribution < 1.29 is 18.8 Å². The van der Waals surface area contributed by atoms with E-state index in [0.29, 0.717) is 0 Å². The fourth-order valence-electron chi connectivity index (χ4n) is 1.35. The zero-order valence-electron chi connectivity index (χ0n) is 10.2. The summed E-state index contributed by atoms with van der Waals surface area (Å²) >= 11 is 0. The molecule has 0 heterocycles. The van der Waals surface area contributed by atoms with E-state index in [1.54, 1.807) is 0 Å². The van der Waals surface area contributed by atoms with Crippen LogP contribution in [0.15, 0.2) is 30.3 Å². The molecule has 0 radical (unpaired) electrons. The van der Waals surface area contributed by atoms with Crippen molar-refractivity contribution >= 4 is 16.9 Å². The van der Waals surface area contributed by atoms with Gasteiger partial charge in [0.2, 0.25) is 0 Å². The number of ether oxygens (including phenoxy) is 1. The molecule has 0 spiro atoms. The number of hydrogen-bond donors (Lipinski definition) is 2. The van der Waals surface area contributed by atoms with Gasteiger partial charge in [-0.05, 0) is 5.56 Å². The fourth-order valence-corrected chi connectivity index (χ4v) is 2.11. The smallest absolute Gasteiger partial charge is 0.407 e. The van der Waals surface area contributed by atoms with Crippen molar-refractivity contribution in [2.75, 3.05) is 18.6 Å². The van der Waals surface area contributed by atoms with Crippen LogP contribution >= 0.6 is 0 Å². The van der Waals surface area contributed by atoms with E-state index in [2.05, 4.69) is 5.32 Å². The summed E-state index contributed by atoms with van der Waals surface area (Å²) in [7, 11) is -1.08. The molecule has 1 aromatic carbocycles. The molecule has 0 saturated heterocycles. The standard InChI is InChI=1S/C12H17NO4S/c1-18(16)9-11(7-14)13-12(15)17-8-10-5-3-2-4-6-10/h2-6,11,14H,7-9H2,1H3,(H,13,15)/t11-,18?/m0/s1. The van der Waals surface area contributed by atoms with Crippen molar-refractivity contribution in [1.29, 1.82) is 0 Å². The molecule has 1 unspecified atom stereocenters. The molecule has 2 atom stereocenters. The molecule has 0 aliphatic carbocycles. The number of alkyl carbamates (subject to hydrolysis) is 1. The Hall–Kier alpha value is -1.40. The maximum atomic E-state index is 11.4. The Morgan fingerprint density at radius 3 is 2.67 bits per heavy atom. The molecule has 5 nitrogen and oxygen atoms in total. The summed E-state index contributed by atoms with van der Waals surface area (Å²) in [4.78, 5) is 11.4. The molecule has 100 valence electrons. The van der Waals surface area contributed by atoms with Crippen molar-refractivity contribution in [3.05, 3.63) is 35.9 Å². The molecule has 0 aliphatic heterocycles. The number of hydrogen-bond acceptors (Lipinski definition) is 4. The van der Waals surface area contributed by atoms with Gasteiger partial charge in [0.1, 0.15) is 6.61 Å². The first-order valence-corrected chi connectivity index (χ1v) is 7.22. The normalized spacial score (nSPS) is 13.7. The molecule has 0 aromatic heterocycles. The molecule has 0 aliphatic rings. The predicted molar refractivity (Wildman–Crippen MR) is 69.6 cm³/mol. The number of carbonyl (C=O) groups is 1. The Balaban J connectivity index is 2.34. The summed E-state index contributed by atoms with van der Waals surface area (Å²) in [5.74, 6) is 0.205. The molecule has 1 amide bonds. The minimum Gasteiger partial charge on any atom is -0.445 e. The molecule has 0 bridgehead atoms. The number of aliphatic hydroxyl groups excluding tert-OH is 1. The van der Waals surface area contributed by atoms with Gasteiger partial charge in [-0.25, -0.2) is 4.79 Å². The van der Waals surface area contributed by atoms with Crippen LogP contribution in [0, 0.1) is 0 Å². The summed E-state index contributed by atoms with van der Waals surface area (Å²) in [5, 5.41) is 11.5. The lowest BCUT2D eigenvalue weighted by Crippen LogP contribution is -2.41. The van der Waals surface area contributed by atoms with Crippen LogP contribution in [-0.2, 0) is 22.1 Å². The molecule has 0 fully saturated rings. The summed E-state index contributed by atoms with van der Waals surface area (Å²) < 4.78 is 16.0. The van der Waals surface area contributed by atoms with Crippen LogP contribution in [0.3, 0.4) is 0 Å². The van der Waals surface area contributed by atoms with E-state index in [4.69, 9.17) is 9.84 Å². The minimum absolute atomic E-state index is 0.167. The first-order chi connectivity index (χ1) is 8.61. The second-order valence-corrected chi connectivity index (χ2v) is 5.31. The summed E-state index contributed by atoms with van der Waals surface area (Å²) in [6.45, 7) is -0.0972. The topological polar surface area (TPSA) is 75.6 Å². The molecular weight excluding hydrogens is 254 g/mol. The van der Waals surface area contributed by atoms with Crippen LogP contribution < -0.4 is 5.32 Å². The van der Waals surface area contributed by atoms with Crippen LogP contribution in [0.5, 0.6) is 0 Å². The highest BCUT2D eigenvalue weighted by atomic mass is 32.2. The number of rotatable bonds is 6. The second-order valence-electron chi connectivity index (χ2n) is 3.83. The van der Waals surface area contributed by atoms with E-state index >= 15 is 0 Å². The third-order valence-electron chi connectivity index (χ3n) is 2.19. The lowest BCUT2D eigenvalue weighted by atomic mass is 10.2. The molecule has 1 aromatic rings. The summed E-state index contributed by atoms with van der Waals surface area (Å²) in [6, 6.07) is 8.73. The lowest BCUT2D eigenvalue weighted by Gasteiger charge is -2.14. The largest absolute Gasteiger partial charge is 0.445 e. The SMILES string of the molecule is CS(=O)C[C@H](CO)NC(=O)OCc1ccccc1. The average Bonchev–Trinajstić information content (AvgIpc) is 2.36. The second kappa shape index (κ2) is 7.84. The number of carbonyl (C=O) groups excluding carboxylic acids is 1. The van der Waals surface area contributed by atoms with Crippen LogP contribution in [-0.4, -0.2) is 40.1 Å². The highest BCUT2D eigenvalue weighted by molar-refractivity contribution is 7.84. The molecule has 0 saturated carbocycles. The van der Waals surface area contributed by atoms with Crippen molar-refractivity contribution in [3.8, 4) is 0 Å². The van der Waals surface area contributed by atoms with Gasteiger partial charge in [0, 0.05) is 22.8 Å². The van der Waals surface area contributed by atoms with Crippen LogP contribution in [0.1, 0.15) is 5.56 Å². The maximum Gasteiger partial charge on any atom is 0.407 e. The lowest BCUT2D eigenvalue weighted by molar-refractivity contribution is 0.131. The number of aliphatic hydroxyl groups is 1. The van der Waals surface area contributed by atoms with Gasteiger partial charge in [0.15, 0.2) is 0 Å². The highest BCUT2D eigenvalue weighted by Crippen LogP contribution is 2.00. The number of benzene rings is 1. The van der Waals surface area contributed by atoms with Crippen LogP contribution in [0.2, 0.25) is 0 Å². The molecule has 1 rings (SSSR count). The molecule has 6 heteroatoms. The molecule has 2 N–H and O–H groups in total. The van der Waals surface area contributed by atoms with E-state index < -0.39 is 22.9 Å². The minimum atomic E-state index is -1.08. The Kier molecular flexibility index (Phi) is 6.38. The Bertz CT molecular complexity index is 396.